The van der Waals surface area contributed by atoms with E-state index in [2.05, 4.69) is 38.3 Å². The minimum absolute atomic E-state index is 0.0820. The van der Waals surface area contributed by atoms with Gasteiger partial charge in [-0.05, 0) is 48.2 Å². The van der Waals surface area contributed by atoms with Crippen molar-refractivity contribution in [2.75, 3.05) is 45.9 Å². The van der Waals surface area contributed by atoms with Crippen LogP contribution in [0.5, 0.6) is 5.75 Å². The highest BCUT2D eigenvalue weighted by Gasteiger charge is 2.25. The molecule has 1 aromatic heterocycles. The number of rotatable bonds is 9. The van der Waals surface area contributed by atoms with Crippen LogP contribution in [0.15, 0.2) is 77.2 Å². The number of hydrogen-bond acceptors (Lipinski definition) is 7. The van der Waals surface area contributed by atoms with Crippen LogP contribution >= 0.6 is 0 Å². The van der Waals surface area contributed by atoms with E-state index in [0.717, 1.165) is 50.1 Å². The molecule has 0 unspecified atom stereocenters. The van der Waals surface area contributed by atoms with E-state index < -0.39 is 6.10 Å². The Morgan fingerprint density at radius 2 is 1.79 bits per heavy atom. The zero-order valence-corrected chi connectivity index (χ0v) is 22.0. The van der Waals surface area contributed by atoms with Gasteiger partial charge < -0.3 is 19.6 Å². The lowest BCUT2D eigenvalue weighted by Crippen LogP contribution is -2.51. The average molecular weight is 527 g/mol. The fourth-order valence-corrected chi connectivity index (χ4v) is 5.52. The molecule has 1 aliphatic carbocycles. The van der Waals surface area contributed by atoms with Gasteiger partial charge in [0.15, 0.2) is 5.58 Å². The van der Waals surface area contributed by atoms with Gasteiger partial charge in [-0.3, -0.25) is 14.6 Å². The van der Waals surface area contributed by atoms with Gasteiger partial charge in [-0.25, -0.2) is 4.98 Å². The predicted octanol–water partition coefficient (Wildman–Crippen LogP) is 3.66. The Balaban J connectivity index is 0.930. The van der Waals surface area contributed by atoms with Crippen LogP contribution in [0, 0.1) is 0 Å². The first-order valence-electron chi connectivity index (χ1n) is 13.7. The summed E-state index contributed by atoms with van der Waals surface area (Å²) in [6.07, 6.45) is 1.38. The number of carbonyl (C=O) groups is 1. The number of aryl methyl sites for hydroxylation is 1. The SMILES string of the molecule is O=C(CN1CCN(C[C@@H](O)COc2ccc3oc(-c4ccccc4)nc3c2)CC1)N[C@H]1CCc2ccccc21. The number of nitrogens with zero attached hydrogens (tertiary/aromatic N) is 3. The third-order valence-electron chi connectivity index (χ3n) is 7.59. The molecule has 0 bridgehead atoms. The van der Waals surface area contributed by atoms with E-state index in [1.54, 1.807) is 0 Å². The van der Waals surface area contributed by atoms with Gasteiger partial charge in [-0.1, -0.05) is 42.5 Å². The molecule has 6 rings (SSSR count). The standard InChI is InChI=1S/C31H34N4O4/c36-24(21-38-25-11-13-29-28(18-25)33-31(39-29)23-7-2-1-3-8-23)19-34-14-16-35(17-15-34)20-30(37)32-27-12-10-22-6-4-5-9-26(22)27/h1-9,11,13,18,24,27,36H,10,12,14-17,19-21H2,(H,32,37)/t24-,27+/m1/s1. The summed E-state index contributed by atoms with van der Waals surface area (Å²) in [4.78, 5) is 21.7. The van der Waals surface area contributed by atoms with Crippen LogP contribution in [0.4, 0.5) is 0 Å². The highest BCUT2D eigenvalue weighted by molar-refractivity contribution is 5.79. The zero-order chi connectivity index (χ0) is 26.6. The lowest BCUT2D eigenvalue weighted by atomic mass is 10.1. The highest BCUT2D eigenvalue weighted by Crippen LogP contribution is 2.30. The molecular weight excluding hydrogens is 492 g/mol. The van der Waals surface area contributed by atoms with Crippen LogP contribution in [0.25, 0.3) is 22.6 Å². The average Bonchev–Trinajstić information content (AvgIpc) is 3.57. The summed E-state index contributed by atoms with van der Waals surface area (Å²) in [5.41, 5.74) is 4.94. The maximum atomic E-state index is 12.7. The van der Waals surface area contributed by atoms with Gasteiger partial charge in [0.25, 0.3) is 0 Å². The van der Waals surface area contributed by atoms with Crippen LogP contribution < -0.4 is 10.1 Å². The number of aliphatic hydroxyl groups excluding tert-OH is 1. The van der Waals surface area contributed by atoms with E-state index in [4.69, 9.17) is 9.15 Å². The number of ether oxygens (including phenoxy) is 1. The number of fused-ring (bicyclic) bond motifs is 2. The maximum Gasteiger partial charge on any atom is 0.234 e. The van der Waals surface area contributed by atoms with Crippen molar-refractivity contribution in [1.29, 1.82) is 0 Å². The molecule has 0 radical (unpaired) electrons. The molecule has 0 spiro atoms. The number of aromatic nitrogens is 1. The van der Waals surface area contributed by atoms with E-state index >= 15 is 0 Å². The van der Waals surface area contributed by atoms with Gasteiger partial charge in [-0.15, -0.1) is 0 Å². The first kappa shape index (κ1) is 25.6. The van der Waals surface area contributed by atoms with Crippen LogP contribution in [-0.4, -0.2) is 77.8 Å². The van der Waals surface area contributed by atoms with E-state index in [1.165, 1.54) is 11.1 Å². The summed E-state index contributed by atoms with van der Waals surface area (Å²) in [6.45, 7) is 4.36. The number of oxazole rings is 1. The topological polar surface area (TPSA) is 91.1 Å². The van der Waals surface area contributed by atoms with Crippen LogP contribution in [-0.2, 0) is 11.2 Å². The Morgan fingerprint density at radius 3 is 2.64 bits per heavy atom. The Hall–Kier alpha value is -3.72. The molecule has 3 aromatic carbocycles. The molecule has 8 heteroatoms. The smallest absolute Gasteiger partial charge is 0.234 e. The number of amides is 1. The molecule has 2 heterocycles. The van der Waals surface area contributed by atoms with Crippen LogP contribution in [0.3, 0.4) is 0 Å². The van der Waals surface area contributed by atoms with Crippen molar-refractivity contribution in [3.63, 3.8) is 0 Å². The molecule has 2 aliphatic rings. The summed E-state index contributed by atoms with van der Waals surface area (Å²) in [5.74, 6) is 1.30. The Morgan fingerprint density at radius 1 is 1.03 bits per heavy atom. The van der Waals surface area contributed by atoms with Crippen LogP contribution in [0.1, 0.15) is 23.6 Å². The van der Waals surface area contributed by atoms with Crippen molar-refractivity contribution in [2.24, 2.45) is 0 Å². The number of carbonyl (C=O) groups excluding carboxylic acids is 1. The van der Waals surface area contributed by atoms with Crippen molar-refractivity contribution < 1.29 is 19.1 Å². The fourth-order valence-electron chi connectivity index (χ4n) is 5.52. The molecule has 1 aliphatic heterocycles. The molecule has 1 amide bonds. The first-order chi connectivity index (χ1) is 19.1. The molecule has 4 aromatic rings. The second-order valence-corrected chi connectivity index (χ2v) is 10.4. The molecule has 0 saturated carbocycles. The number of benzene rings is 3. The number of hydrogen-bond donors (Lipinski definition) is 2. The molecule has 39 heavy (non-hydrogen) atoms. The van der Waals surface area contributed by atoms with Crippen molar-refractivity contribution in [3.05, 3.63) is 83.9 Å². The molecular formula is C31H34N4O4. The fraction of sp³-hybridized carbons (Fsp3) is 0.355. The Kier molecular flexibility index (Phi) is 7.58. The largest absolute Gasteiger partial charge is 0.491 e. The van der Waals surface area contributed by atoms with E-state index in [9.17, 15) is 9.90 Å². The molecule has 2 atom stereocenters. The summed E-state index contributed by atoms with van der Waals surface area (Å²) in [5, 5.41) is 13.8. The number of nitrogens with one attached hydrogen (secondary N) is 1. The molecule has 2 N–H and O–H groups in total. The van der Waals surface area contributed by atoms with Gasteiger partial charge in [0.05, 0.1) is 12.6 Å². The van der Waals surface area contributed by atoms with Gasteiger partial charge in [0.1, 0.15) is 24.0 Å². The summed E-state index contributed by atoms with van der Waals surface area (Å²) in [6, 6.07) is 23.8. The molecule has 8 nitrogen and oxygen atoms in total. The maximum absolute atomic E-state index is 12.7. The summed E-state index contributed by atoms with van der Waals surface area (Å²) >= 11 is 0. The highest BCUT2D eigenvalue weighted by atomic mass is 16.5. The summed E-state index contributed by atoms with van der Waals surface area (Å²) < 4.78 is 11.7. The monoisotopic (exact) mass is 526 g/mol. The van der Waals surface area contributed by atoms with Crippen molar-refractivity contribution >= 4 is 17.0 Å². The Labute approximate surface area is 228 Å². The number of piperazine rings is 1. The van der Waals surface area contributed by atoms with E-state index in [-0.39, 0.29) is 18.6 Å². The number of β-amino-alcohol motifs (C(OH)–C–C–N with tert-alkyl or cyclic N) is 1. The van der Waals surface area contributed by atoms with E-state index in [1.807, 2.05) is 54.6 Å². The second kappa shape index (κ2) is 11.6. The van der Waals surface area contributed by atoms with Gasteiger partial charge in [0.2, 0.25) is 11.8 Å². The Bertz CT molecular complexity index is 1410. The van der Waals surface area contributed by atoms with Crippen molar-refractivity contribution in [3.8, 4) is 17.2 Å². The minimum atomic E-state index is -0.616. The lowest BCUT2D eigenvalue weighted by Gasteiger charge is -2.35. The number of aliphatic hydroxyl groups is 1. The first-order valence-corrected chi connectivity index (χ1v) is 13.7. The van der Waals surface area contributed by atoms with Crippen molar-refractivity contribution in [2.45, 2.75) is 25.0 Å². The van der Waals surface area contributed by atoms with Gasteiger partial charge in [0, 0.05) is 44.4 Å². The minimum Gasteiger partial charge on any atom is -0.491 e. The third-order valence-corrected chi connectivity index (χ3v) is 7.59. The van der Waals surface area contributed by atoms with E-state index in [0.29, 0.717) is 30.3 Å². The van der Waals surface area contributed by atoms with Gasteiger partial charge in [-0.2, -0.15) is 0 Å². The van der Waals surface area contributed by atoms with Gasteiger partial charge >= 0.3 is 0 Å². The zero-order valence-electron chi connectivity index (χ0n) is 22.0. The molecule has 1 saturated heterocycles. The molecule has 202 valence electrons. The normalized spacial score (nSPS) is 18.6. The predicted molar refractivity (Wildman–Crippen MR) is 149 cm³/mol. The molecule has 1 fully saturated rings. The quantitative estimate of drug-likeness (QED) is 0.344. The summed E-state index contributed by atoms with van der Waals surface area (Å²) in [7, 11) is 0. The second-order valence-electron chi connectivity index (χ2n) is 10.4. The lowest BCUT2D eigenvalue weighted by molar-refractivity contribution is -0.123. The van der Waals surface area contributed by atoms with Crippen molar-refractivity contribution in [1.82, 2.24) is 20.1 Å². The third kappa shape index (κ3) is 6.14. The van der Waals surface area contributed by atoms with Crippen LogP contribution in [0.2, 0.25) is 0 Å².